The van der Waals surface area contributed by atoms with Crippen LogP contribution in [0, 0.1) is 6.92 Å². The van der Waals surface area contributed by atoms with Gasteiger partial charge in [0.25, 0.3) is 5.78 Å². The normalized spacial score (nSPS) is 9.69. The van der Waals surface area contributed by atoms with Crippen LogP contribution in [-0.2, 0) is 4.79 Å². The number of halogens is 1. The molecule has 0 aliphatic rings. The molecule has 1 aromatic carbocycles. The lowest BCUT2D eigenvalue weighted by Gasteiger charge is -1.99. The molecule has 1 rings (SSSR count). The van der Waals surface area contributed by atoms with Crippen LogP contribution in [-0.4, -0.2) is 16.9 Å². The highest BCUT2D eigenvalue weighted by atomic mass is 35.5. The number of carboxylic acids is 1. The number of carbonyl (C=O) groups excluding carboxylic acids is 1. The molecular formula is C9H7ClO3. The van der Waals surface area contributed by atoms with Gasteiger partial charge in [-0.15, -0.1) is 0 Å². The van der Waals surface area contributed by atoms with Crippen LogP contribution < -0.4 is 0 Å². The summed E-state index contributed by atoms with van der Waals surface area (Å²) in [6.07, 6.45) is 0. The molecule has 0 unspecified atom stereocenters. The molecular weight excluding hydrogens is 192 g/mol. The number of benzene rings is 1. The Morgan fingerprint density at radius 3 is 2.46 bits per heavy atom. The molecule has 0 aliphatic heterocycles. The van der Waals surface area contributed by atoms with Crippen LogP contribution in [0.25, 0.3) is 0 Å². The summed E-state index contributed by atoms with van der Waals surface area (Å²) < 4.78 is 0. The Bertz CT molecular complexity index is 371. The second-order valence-electron chi connectivity index (χ2n) is 2.60. The van der Waals surface area contributed by atoms with Gasteiger partial charge in [-0.1, -0.05) is 23.7 Å². The lowest BCUT2D eigenvalue weighted by Crippen LogP contribution is -2.12. The van der Waals surface area contributed by atoms with Crippen molar-refractivity contribution in [2.45, 2.75) is 6.92 Å². The first kappa shape index (κ1) is 9.74. The van der Waals surface area contributed by atoms with Crippen molar-refractivity contribution >= 4 is 23.4 Å². The van der Waals surface area contributed by atoms with E-state index in [1.807, 2.05) is 0 Å². The van der Waals surface area contributed by atoms with Gasteiger partial charge in [-0.3, -0.25) is 4.79 Å². The van der Waals surface area contributed by atoms with E-state index < -0.39 is 11.8 Å². The molecule has 0 heterocycles. The van der Waals surface area contributed by atoms with Crippen molar-refractivity contribution < 1.29 is 14.7 Å². The van der Waals surface area contributed by atoms with E-state index in [4.69, 9.17) is 16.7 Å². The number of aliphatic carboxylic acids is 1. The zero-order valence-electron chi connectivity index (χ0n) is 6.87. The molecule has 1 N–H and O–H groups in total. The van der Waals surface area contributed by atoms with Crippen LogP contribution >= 0.6 is 11.6 Å². The van der Waals surface area contributed by atoms with E-state index in [2.05, 4.69) is 0 Å². The Balaban J connectivity index is 3.11. The van der Waals surface area contributed by atoms with Gasteiger partial charge < -0.3 is 5.11 Å². The summed E-state index contributed by atoms with van der Waals surface area (Å²) in [5.41, 5.74) is 0.909. The third-order valence-corrected chi connectivity index (χ3v) is 2.04. The monoisotopic (exact) mass is 198 g/mol. The van der Waals surface area contributed by atoms with Gasteiger partial charge in [-0.05, 0) is 18.6 Å². The minimum atomic E-state index is -1.47. The molecule has 0 atom stereocenters. The van der Waals surface area contributed by atoms with Gasteiger partial charge >= 0.3 is 5.97 Å². The predicted molar refractivity (Wildman–Crippen MR) is 48.2 cm³/mol. The maximum absolute atomic E-state index is 10.9. The van der Waals surface area contributed by atoms with Crippen LogP contribution in [0.5, 0.6) is 0 Å². The van der Waals surface area contributed by atoms with E-state index in [1.165, 1.54) is 12.1 Å². The van der Waals surface area contributed by atoms with Gasteiger partial charge in [-0.2, -0.15) is 0 Å². The summed E-state index contributed by atoms with van der Waals surface area (Å²) in [6.45, 7) is 1.78. The molecule has 13 heavy (non-hydrogen) atoms. The van der Waals surface area contributed by atoms with Gasteiger partial charge in [0.2, 0.25) is 0 Å². The van der Waals surface area contributed by atoms with Crippen molar-refractivity contribution in [1.29, 1.82) is 0 Å². The lowest BCUT2D eigenvalue weighted by atomic mass is 10.1. The summed E-state index contributed by atoms with van der Waals surface area (Å²) in [5, 5.41) is 8.80. The maximum Gasteiger partial charge on any atom is 0.377 e. The quantitative estimate of drug-likeness (QED) is 0.584. The van der Waals surface area contributed by atoms with Gasteiger partial charge in [0.15, 0.2) is 0 Å². The highest BCUT2D eigenvalue weighted by Gasteiger charge is 2.14. The number of Topliss-reactive ketones (excluding diaryl/α,β-unsaturated/α-hetero) is 1. The number of aryl methyl sites for hydroxylation is 1. The van der Waals surface area contributed by atoms with E-state index in [1.54, 1.807) is 13.0 Å². The molecule has 0 bridgehead atoms. The average Bonchev–Trinajstić information content (AvgIpc) is 2.08. The van der Waals surface area contributed by atoms with E-state index in [0.29, 0.717) is 5.02 Å². The first-order chi connectivity index (χ1) is 6.02. The predicted octanol–water partition coefficient (Wildman–Crippen LogP) is 1.92. The fraction of sp³-hybridized carbons (Fsp3) is 0.111. The number of hydrogen-bond donors (Lipinski definition) is 1. The maximum atomic E-state index is 10.9. The van der Waals surface area contributed by atoms with Crippen molar-refractivity contribution in [3.8, 4) is 0 Å². The average molecular weight is 199 g/mol. The Labute approximate surface area is 79.9 Å². The standard InChI is InChI=1S/C9H7ClO3/c1-5-2-3-6(4-7(5)10)8(11)9(12)13/h2-4H,1H3,(H,12,13). The second kappa shape index (κ2) is 3.58. The molecule has 1 aromatic rings. The summed E-state index contributed by atoms with van der Waals surface area (Å²) in [6, 6.07) is 4.41. The zero-order chi connectivity index (χ0) is 10.0. The molecule has 3 nitrogen and oxygen atoms in total. The fourth-order valence-electron chi connectivity index (χ4n) is 0.858. The van der Waals surface area contributed by atoms with Crippen molar-refractivity contribution in [2.24, 2.45) is 0 Å². The summed E-state index contributed by atoms with van der Waals surface area (Å²) in [4.78, 5) is 21.3. The molecule has 0 saturated heterocycles. The van der Waals surface area contributed by atoms with Crippen molar-refractivity contribution in [3.05, 3.63) is 34.3 Å². The minimum Gasteiger partial charge on any atom is -0.475 e. The summed E-state index contributed by atoms with van der Waals surface area (Å²) in [7, 11) is 0. The highest BCUT2D eigenvalue weighted by Crippen LogP contribution is 2.16. The summed E-state index contributed by atoms with van der Waals surface area (Å²) in [5.74, 6) is -2.41. The fourth-order valence-corrected chi connectivity index (χ4v) is 1.04. The molecule has 0 aliphatic carbocycles. The van der Waals surface area contributed by atoms with Crippen LogP contribution in [0.2, 0.25) is 5.02 Å². The molecule has 0 amide bonds. The topological polar surface area (TPSA) is 54.4 Å². The van der Waals surface area contributed by atoms with E-state index in [9.17, 15) is 9.59 Å². The minimum absolute atomic E-state index is 0.100. The Hall–Kier alpha value is -1.35. The molecule has 4 heteroatoms. The largest absolute Gasteiger partial charge is 0.475 e. The van der Waals surface area contributed by atoms with E-state index in [-0.39, 0.29) is 5.56 Å². The third kappa shape index (κ3) is 2.06. The highest BCUT2D eigenvalue weighted by molar-refractivity contribution is 6.40. The first-order valence-corrected chi connectivity index (χ1v) is 3.94. The molecule has 0 saturated carbocycles. The summed E-state index contributed by atoms with van der Waals surface area (Å²) >= 11 is 5.72. The van der Waals surface area contributed by atoms with Crippen LogP contribution in [0.4, 0.5) is 0 Å². The molecule has 0 radical (unpaired) electrons. The zero-order valence-corrected chi connectivity index (χ0v) is 7.63. The van der Waals surface area contributed by atoms with Gasteiger partial charge in [0, 0.05) is 10.6 Å². The Kier molecular flexibility index (Phi) is 2.68. The van der Waals surface area contributed by atoms with Gasteiger partial charge in [-0.25, -0.2) is 4.79 Å². The molecule has 0 spiro atoms. The van der Waals surface area contributed by atoms with Crippen molar-refractivity contribution in [3.63, 3.8) is 0 Å². The van der Waals surface area contributed by atoms with Crippen LogP contribution in [0.1, 0.15) is 15.9 Å². The number of rotatable bonds is 2. The van der Waals surface area contributed by atoms with Crippen molar-refractivity contribution in [1.82, 2.24) is 0 Å². The number of carboxylic acid groups (broad SMARTS) is 1. The van der Waals surface area contributed by atoms with E-state index >= 15 is 0 Å². The number of hydrogen-bond acceptors (Lipinski definition) is 2. The van der Waals surface area contributed by atoms with Gasteiger partial charge in [0.1, 0.15) is 0 Å². The first-order valence-electron chi connectivity index (χ1n) is 3.56. The van der Waals surface area contributed by atoms with Crippen molar-refractivity contribution in [2.75, 3.05) is 0 Å². The van der Waals surface area contributed by atoms with Crippen LogP contribution in [0.3, 0.4) is 0 Å². The Morgan fingerprint density at radius 1 is 1.38 bits per heavy atom. The third-order valence-electron chi connectivity index (χ3n) is 1.63. The number of carbonyl (C=O) groups is 2. The Morgan fingerprint density at radius 2 is 2.00 bits per heavy atom. The SMILES string of the molecule is Cc1ccc(C(=O)C(=O)O)cc1Cl. The lowest BCUT2D eigenvalue weighted by molar-refractivity contribution is -0.131. The number of ketones is 1. The molecule has 0 aromatic heterocycles. The van der Waals surface area contributed by atoms with E-state index in [0.717, 1.165) is 5.56 Å². The molecule has 68 valence electrons. The molecule has 0 fully saturated rings. The van der Waals surface area contributed by atoms with Crippen LogP contribution in [0.15, 0.2) is 18.2 Å². The smallest absolute Gasteiger partial charge is 0.377 e. The second-order valence-corrected chi connectivity index (χ2v) is 3.01. The van der Waals surface area contributed by atoms with Gasteiger partial charge in [0.05, 0.1) is 0 Å².